The Balaban J connectivity index is 4.20. The summed E-state index contributed by atoms with van der Waals surface area (Å²) < 4.78 is 11.4. The summed E-state index contributed by atoms with van der Waals surface area (Å²) in [5, 5.41) is 0. The van der Waals surface area contributed by atoms with Gasteiger partial charge < -0.3 is 9.47 Å². The van der Waals surface area contributed by atoms with Gasteiger partial charge in [-0.25, -0.2) is 0 Å². The van der Waals surface area contributed by atoms with Gasteiger partial charge in [0.25, 0.3) is 0 Å². The van der Waals surface area contributed by atoms with E-state index in [2.05, 4.69) is 20.8 Å². The molecule has 0 aliphatic carbocycles. The van der Waals surface area contributed by atoms with E-state index < -0.39 is 5.92 Å². The standard InChI is InChI=1S/C55H108O4/c1-4-7-10-13-16-19-22-25-28-29-30-31-32-35-38-41-44-47-50-53(54(56)58-51-48-45-42-39-36-33-26-23-20-17-14-11-8-5-2)55(57)59-52-49-46-43-40-37-34-27-24-21-18-15-12-9-6-3/h53H,4-52H2,1-3H3. The number of carbonyl (C=O) groups excluding carboxylic acids is 2. The second kappa shape index (κ2) is 51.3. The highest BCUT2D eigenvalue weighted by Crippen LogP contribution is 2.20. The molecule has 0 saturated carbocycles. The number of carbonyl (C=O) groups is 2. The van der Waals surface area contributed by atoms with Crippen LogP contribution in [0.25, 0.3) is 0 Å². The van der Waals surface area contributed by atoms with E-state index in [-0.39, 0.29) is 11.9 Å². The maximum Gasteiger partial charge on any atom is 0.320 e. The molecule has 0 heterocycles. The SMILES string of the molecule is CCCCCCCCCCCCCCCCCCCCC(C(=O)OCCCCCCCCCCCCCCCC)C(=O)OCCCCCCCCCCCCCCCC. The van der Waals surface area contributed by atoms with Gasteiger partial charge in [0.05, 0.1) is 13.2 Å². The second-order valence-electron chi connectivity index (χ2n) is 18.9. The van der Waals surface area contributed by atoms with Crippen molar-refractivity contribution in [2.45, 2.75) is 323 Å². The van der Waals surface area contributed by atoms with Gasteiger partial charge in [-0.2, -0.15) is 0 Å². The van der Waals surface area contributed by atoms with Crippen molar-refractivity contribution in [3.05, 3.63) is 0 Å². The quantitative estimate of drug-likeness (QED) is 0.0348. The van der Waals surface area contributed by atoms with Crippen LogP contribution in [0.1, 0.15) is 323 Å². The number of hydrogen-bond acceptors (Lipinski definition) is 4. The molecule has 59 heavy (non-hydrogen) atoms. The predicted octanol–water partition coefficient (Wildman–Crippen LogP) is 19.1. The van der Waals surface area contributed by atoms with Crippen LogP contribution >= 0.6 is 0 Å². The average molecular weight is 833 g/mol. The van der Waals surface area contributed by atoms with Crippen molar-refractivity contribution in [1.82, 2.24) is 0 Å². The minimum Gasteiger partial charge on any atom is -0.465 e. The van der Waals surface area contributed by atoms with Gasteiger partial charge in [-0.3, -0.25) is 9.59 Å². The van der Waals surface area contributed by atoms with Crippen LogP contribution in [0.2, 0.25) is 0 Å². The average Bonchev–Trinajstić information content (AvgIpc) is 3.24. The number of rotatable bonds is 51. The zero-order chi connectivity index (χ0) is 42.8. The van der Waals surface area contributed by atoms with Crippen LogP contribution in [0, 0.1) is 5.92 Å². The zero-order valence-corrected chi connectivity index (χ0v) is 40.9. The molecule has 0 radical (unpaired) electrons. The Labute approximate surface area is 371 Å². The molecule has 0 bridgehead atoms. The Morgan fingerprint density at radius 3 is 0.627 bits per heavy atom. The third kappa shape index (κ3) is 46.3. The van der Waals surface area contributed by atoms with Crippen molar-refractivity contribution < 1.29 is 19.1 Å². The van der Waals surface area contributed by atoms with Gasteiger partial charge in [0.1, 0.15) is 0 Å². The molecule has 0 N–H and O–H groups in total. The molecule has 0 rings (SSSR count). The largest absolute Gasteiger partial charge is 0.465 e. The molecule has 0 aromatic carbocycles. The van der Waals surface area contributed by atoms with E-state index in [1.165, 1.54) is 257 Å². The summed E-state index contributed by atoms with van der Waals surface area (Å²) >= 11 is 0. The van der Waals surface area contributed by atoms with Gasteiger partial charge in [-0.15, -0.1) is 0 Å². The van der Waals surface area contributed by atoms with Crippen molar-refractivity contribution in [3.63, 3.8) is 0 Å². The van der Waals surface area contributed by atoms with Gasteiger partial charge in [-0.1, -0.05) is 303 Å². The predicted molar refractivity (Wildman–Crippen MR) is 259 cm³/mol. The van der Waals surface area contributed by atoms with Crippen LogP contribution in [-0.2, 0) is 19.1 Å². The summed E-state index contributed by atoms with van der Waals surface area (Å²) in [5.74, 6) is -1.45. The molecule has 0 aromatic heterocycles. The van der Waals surface area contributed by atoms with E-state index in [0.29, 0.717) is 19.6 Å². The molecule has 0 aliphatic rings. The van der Waals surface area contributed by atoms with Crippen LogP contribution < -0.4 is 0 Å². The highest BCUT2D eigenvalue weighted by atomic mass is 16.6. The summed E-state index contributed by atoms with van der Waals surface area (Å²) in [5.41, 5.74) is 0. The van der Waals surface area contributed by atoms with E-state index >= 15 is 0 Å². The fourth-order valence-corrected chi connectivity index (χ4v) is 8.72. The molecular weight excluding hydrogens is 725 g/mol. The van der Waals surface area contributed by atoms with Crippen LogP contribution in [0.4, 0.5) is 0 Å². The van der Waals surface area contributed by atoms with Crippen molar-refractivity contribution in [2.75, 3.05) is 13.2 Å². The first-order valence-electron chi connectivity index (χ1n) is 27.5. The van der Waals surface area contributed by atoms with Crippen LogP contribution in [0.5, 0.6) is 0 Å². The summed E-state index contributed by atoms with van der Waals surface area (Å²) in [6.45, 7) is 7.72. The van der Waals surface area contributed by atoms with Gasteiger partial charge in [0, 0.05) is 0 Å². The topological polar surface area (TPSA) is 52.6 Å². The molecule has 0 saturated heterocycles. The van der Waals surface area contributed by atoms with Crippen molar-refractivity contribution in [1.29, 1.82) is 0 Å². The zero-order valence-electron chi connectivity index (χ0n) is 40.9. The lowest BCUT2D eigenvalue weighted by atomic mass is 9.99. The lowest BCUT2D eigenvalue weighted by Crippen LogP contribution is -2.28. The van der Waals surface area contributed by atoms with E-state index in [4.69, 9.17) is 9.47 Å². The van der Waals surface area contributed by atoms with Gasteiger partial charge in [0.15, 0.2) is 5.92 Å². The fourth-order valence-electron chi connectivity index (χ4n) is 8.72. The van der Waals surface area contributed by atoms with E-state index in [0.717, 1.165) is 38.5 Å². The molecule has 4 heteroatoms. The fraction of sp³-hybridized carbons (Fsp3) is 0.964. The van der Waals surface area contributed by atoms with Gasteiger partial charge in [0.2, 0.25) is 0 Å². The molecule has 0 amide bonds. The molecule has 0 aromatic rings. The van der Waals surface area contributed by atoms with Gasteiger partial charge >= 0.3 is 11.9 Å². The van der Waals surface area contributed by atoms with Crippen molar-refractivity contribution >= 4 is 11.9 Å². The third-order valence-electron chi connectivity index (χ3n) is 12.9. The maximum absolute atomic E-state index is 13.2. The Bertz CT molecular complexity index is 765. The normalized spacial score (nSPS) is 11.5. The number of unbranched alkanes of at least 4 members (excludes halogenated alkanes) is 43. The van der Waals surface area contributed by atoms with Crippen molar-refractivity contribution in [2.24, 2.45) is 5.92 Å². The Kier molecular flexibility index (Phi) is 50.4. The van der Waals surface area contributed by atoms with Crippen LogP contribution in [0.15, 0.2) is 0 Å². The molecule has 0 unspecified atom stereocenters. The Morgan fingerprint density at radius 2 is 0.424 bits per heavy atom. The maximum atomic E-state index is 13.2. The lowest BCUT2D eigenvalue weighted by molar-refractivity contribution is -0.162. The molecular formula is C55H108O4. The molecule has 352 valence electrons. The lowest BCUT2D eigenvalue weighted by Gasteiger charge is -2.15. The smallest absolute Gasteiger partial charge is 0.320 e. The molecule has 0 atom stereocenters. The third-order valence-corrected chi connectivity index (χ3v) is 12.9. The molecule has 0 spiro atoms. The summed E-state index contributed by atoms with van der Waals surface area (Å²) in [6, 6.07) is 0. The second-order valence-corrected chi connectivity index (χ2v) is 18.9. The Hall–Kier alpha value is -1.06. The first-order valence-corrected chi connectivity index (χ1v) is 27.5. The molecule has 4 nitrogen and oxygen atoms in total. The van der Waals surface area contributed by atoms with Crippen LogP contribution in [-0.4, -0.2) is 25.2 Å². The number of hydrogen-bond donors (Lipinski definition) is 0. The first-order chi connectivity index (χ1) is 29.2. The Morgan fingerprint density at radius 1 is 0.254 bits per heavy atom. The van der Waals surface area contributed by atoms with Gasteiger partial charge in [-0.05, 0) is 19.3 Å². The molecule has 0 fully saturated rings. The van der Waals surface area contributed by atoms with E-state index in [1.807, 2.05) is 0 Å². The molecule has 0 aliphatic heterocycles. The summed E-state index contributed by atoms with van der Waals surface area (Å²) in [7, 11) is 0. The van der Waals surface area contributed by atoms with E-state index in [1.54, 1.807) is 0 Å². The highest BCUT2D eigenvalue weighted by molar-refractivity contribution is 5.94. The van der Waals surface area contributed by atoms with E-state index in [9.17, 15) is 9.59 Å². The minimum atomic E-state index is -0.755. The number of esters is 2. The monoisotopic (exact) mass is 833 g/mol. The summed E-state index contributed by atoms with van der Waals surface area (Å²) in [4.78, 5) is 26.3. The highest BCUT2D eigenvalue weighted by Gasteiger charge is 2.29. The minimum absolute atomic E-state index is 0.349. The van der Waals surface area contributed by atoms with Crippen molar-refractivity contribution in [3.8, 4) is 0 Å². The number of ether oxygens (including phenoxy) is 2. The summed E-state index contributed by atoms with van der Waals surface area (Å²) in [6.07, 6.45) is 61.1. The van der Waals surface area contributed by atoms with Crippen LogP contribution in [0.3, 0.4) is 0 Å². The first kappa shape index (κ1) is 57.9.